The predicted octanol–water partition coefficient (Wildman–Crippen LogP) is 4.18. The molecule has 0 bridgehead atoms. The topological polar surface area (TPSA) is 63.7 Å². The fourth-order valence-electron chi connectivity index (χ4n) is 2.54. The Morgan fingerprint density at radius 3 is 2.58 bits per heavy atom. The molecule has 24 heavy (non-hydrogen) atoms. The van der Waals surface area contributed by atoms with E-state index in [1.54, 1.807) is 23.5 Å². The third-order valence-electron chi connectivity index (χ3n) is 3.74. The molecule has 3 rings (SSSR count). The predicted molar refractivity (Wildman–Crippen MR) is 93.4 cm³/mol. The van der Waals surface area contributed by atoms with Gasteiger partial charge in [-0.2, -0.15) is 10.4 Å². The van der Waals surface area contributed by atoms with Gasteiger partial charge in [-0.25, -0.2) is 0 Å². The first kappa shape index (κ1) is 16.2. The Labute approximate surface area is 145 Å². The van der Waals surface area contributed by atoms with E-state index in [9.17, 15) is 0 Å². The first-order valence-corrected chi connectivity index (χ1v) is 8.77. The Hall–Kier alpha value is -2.65. The summed E-state index contributed by atoms with van der Waals surface area (Å²) in [6, 6.07) is 9.27. The van der Waals surface area contributed by atoms with Crippen LogP contribution < -0.4 is 4.74 Å². The molecule has 0 amide bonds. The van der Waals surface area contributed by atoms with E-state index in [1.165, 1.54) is 4.88 Å². The Kier molecular flexibility index (Phi) is 4.92. The number of rotatable bonds is 6. The molecule has 5 nitrogen and oxygen atoms in total. The normalized spacial score (nSPS) is 10.5. The lowest BCUT2D eigenvalue weighted by Gasteiger charge is -2.09. The monoisotopic (exact) mass is 338 g/mol. The van der Waals surface area contributed by atoms with Crippen LogP contribution in [0.2, 0.25) is 0 Å². The molecule has 0 saturated heterocycles. The molecule has 6 heteroatoms. The molecule has 0 atom stereocenters. The minimum Gasteiger partial charge on any atom is -0.453 e. The van der Waals surface area contributed by atoms with Crippen molar-refractivity contribution in [2.75, 3.05) is 0 Å². The molecule has 0 spiro atoms. The number of benzene rings is 1. The van der Waals surface area contributed by atoms with E-state index in [1.807, 2.05) is 28.5 Å². The lowest BCUT2D eigenvalue weighted by Crippen LogP contribution is -2.05. The van der Waals surface area contributed by atoms with Crippen LogP contribution in [0.15, 0.2) is 36.0 Å². The molecule has 0 aliphatic heterocycles. The summed E-state index contributed by atoms with van der Waals surface area (Å²) in [5, 5.41) is 13.6. The van der Waals surface area contributed by atoms with Gasteiger partial charge in [0, 0.05) is 11.1 Å². The van der Waals surface area contributed by atoms with Crippen LogP contribution in [0.4, 0.5) is 0 Å². The van der Waals surface area contributed by atoms with Gasteiger partial charge in [0.15, 0.2) is 5.75 Å². The minimum absolute atomic E-state index is 0.620. The minimum atomic E-state index is 0.620. The van der Waals surface area contributed by atoms with Crippen LogP contribution in [0.25, 0.3) is 0 Å². The van der Waals surface area contributed by atoms with Gasteiger partial charge >= 0.3 is 0 Å². The van der Waals surface area contributed by atoms with E-state index in [-0.39, 0.29) is 0 Å². The Balaban J connectivity index is 1.93. The van der Waals surface area contributed by atoms with Crippen molar-refractivity contribution < 1.29 is 4.74 Å². The van der Waals surface area contributed by atoms with Crippen LogP contribution in [0.1, 0.15) is 35.7 Å². The number of aryl methyl sites for hydroxylation is 1. The summed E-state index contributed by atoms with van der Waals surface area (Å²) < 4.78 is 8.12. The molecule has 2 aromatic heterocycles. The molecule has 0 radical (unpaired) electrons. The summed E-state index contributed by atoms with van der Waals surface area (Å²) in [6.45, 7) is 4.88. The molecule has 0 saturated carbocycles. The zero-order chi connectivity index (χ0) is 16.9. The van der Waals surface area contributed by atoms with E-state index < -0.39 is 0 Å². The number of ether oxygens (including phenoxy) is 1. The zero-order valence-corrected chi connectivity index (χ0v) is 14.5. The maximum Gasteiger partial charge on any atom is 0.171 e. The van der Waals surface area contributed by atoms with Crippen molar-refractivity contribution in [1.29, 1.82) is 5.26 Å². The van der Waals surface area contributed by atoms with Gasteiger partial charge < -0.3 is 4.74 Å². The lowest BCUT2D eigenvalue weighted by atomic mass is 10.2. The highest BCUT2D eigenvalue weighted by Crippen LogP contribution is 2.31. The average Bonchev–Trinajstić information content (AvgIpc) is 3.23. The molecule has 2 heterocycles. The second-order valence-electron chi connectivity index (χ2n) is 5.29. The van der Waals surface area contributed by atoms with Gasteiger partial charge in [-0.05, 0) is 37.1 Å². The highest BCUT2D eigenvalue weighted by Gasteiger charge is 2.18. The van der Waals surface area contributed by atoms with Crippen LogP contribution in [-0.2, 0) is 19.4 Å². The quantitative estimate of drug-likeness (QED) is 0.676. The van der Waals surface area contributed by atoms with Crippen LogP contribution in [0, 0.1) is 11.3 Å². The summed E-state index contributed by atoms with van der Waals surface area (Å²) >= 11 is 1.62. The average molecular weight is 338 g/mol. The molecular formula is C18H18N4OS. The molecule has 1 aromatic carbocycles. The van der Waals surface area contributed by atoms with Crippen LogP contribution in [-0.4, -0.2) is 14.8 Å². The maximum absolute atomic E-state index is 8.90. The van der Waals surface area contributed by atoms with Crippen molar-refractivity contribution in [3.63, 3.8) is 0 Å². The largest absolute Gasteiger partial charge is 0.453 e. The standard InChI is InChI=1S/C18H18N4OS/c1-3-16-18(23-14-7-5-13(9-19)6-8-14)17(4-2)22(21-16)11-15-10-20-12-24-15/h5-8,10,12H,3-4,11H2,1-2H3. The van der Waals surface area contributed by atoms with Gasteiger partial charge in [0.2, 0.25) is 0 Å². The fourth-order valence-corrected chi connectivity index (χ4v) is 3.12. The number of hydrogen-bond donors (Lipinski definition) is 0. The van der Waals surface area contributed by atoms with Gasteiger partial charge in [0.25, 0.3) is 0 Å². The van der Waals surface area contributed by atoms with E-state index in [0.29, 0.717) is 12.1 Å². The number of nitriles is 1. The molecule has 0 aliphatic carbocycles. The molecule has 0 aliphatic rings. The van der Waals surface area contributed by atoms with Crippen molar-refractivity contribution in [3.05, 3.63) is 57.8 Å². The highest BCUT2D eigenvalue weighted by molar-refractivity contribution is 7.09. The fraction of sp³-hybridized carbons (Fsp3) is 0.278. The smallest absolute Gasteiger partial charge is 0.171 e. The molecule has 0 unspecified atom stereocenters. The van der Waals surface area contributed by atoms with Crippen molar-refractivity contribution in [2.45, 2.75) is 33.2 Å². The van der Waals surface area contributed by atoms with Crippen molar-refractivity contribution >= 4 is 11.3 Å². The van der Waals surface area contributed by atoms with Crippen molar-refractivity contribution in [2.24, 2.45) is 0 Å². The van der Waals surface area contributed by atoms with Crippen LogP contribution in [0.5, 0.6) is 11.5 Å². The Bertz CT molecular complexity index is 845. The first-order chi connectivity index (χ1) is 11.7. The van der Waals surface area contributed by atoms with Gasteiger partial charge in [-0.1, -0.05) is 13.8 Å². The van der Waals surface area contributed by atoms with Gasteiger partial charge in [-0.15, -0.1) is 11.3 Å². The summed E-state index contributed by atoms with van der Waals surface area (Å²) in [5.74, 6) is 1.55. The second-order valence-corrected chi connectivity index (χ2v) is 6.26. The van der Waals surface area contributed by atoms with Crippen molar-refractivity contribution in [1.82, 2.24) is 14.8 Å². The third-order valence-corrected chi connectivity index (χ3v) is 4.50. The van der Waals surface area contributed by atoms with Crippen LogP contribution in [0.3, 0.4) is 0 Å². The molecule has 0 N–H and O–H groups in total. The second kappa shape index (κ2) is 7.28. The van der Waals surface area contributed by atoms with Gasteiger partial charge in [-0.3, -0.25) is 9.67 Å². The van der Waals surface area contributed by atoms with E-state index in [0.717, 1.165) is 35.7 Å². The molecule has 0 fully saturated rings. The number of hydrogen-bond acceptors (Lipinski definition) is 5. The third kappa shape index (κ3) is 3.31. The lowest BCUT2D eigenvalue weighted by molar-refractivity contribution is 0.469. The van der Waals surface area contributed by atoms with E-state index in [2.05, 4.69) is 24.9 Å². The van der Waals surface area contributed by atoms with Crippen LogP contribution >= 0.6 is 11.3 Å². The number of thiazole rings is 1. The summed E-state index contributed by atoms with van der Waals surface area (Å²) in [7, 11) is 0. The molecular weight excluding hydrogens is 320 g/mol. The summed E-state index contributed by atoms with van der Waals surface area (Å²) in [5.41, 5.74) is 4.47. The van der Waals surface area contributed by atoms with Gasteiger partial charge in [0.05, 0.1) is 29.4 Å². The molecule has 3 aromatic rings. The SMILES string of the molecule is CCc1nn(Cc2cncs2)c(CC)c1Oc1ccc(C#N)cc1. The van der Waals surface area contributed by atoms with E-state index in [4.69, 9.17) is 15.1 Å². The van der Waals surface area contributed by atoms with Gasteiger partial charge in [0.1, 0.15) is 11.4 Å². The summed E-state index contributed by atoms with van der Waals surface area (Å²) in [6.07, 6.45) is 3.50. The Morgan fingerprint density at radius 2 is 2.00 bits per heavy atom. The van der Waals surface area contributed by atoms with Crippen molar-refractivity contribution in [3.8, 4) is 17.6 Å². The number of aromatic nitrogens is 3. The Morgan fingerprint density at radius 1 is 1.21 bits per heavy atom. The maximum atomic E-state index is 8.90. The highest BCUT2D eigenvalue weighted by atomic mass is 32.1. The molecule has 122 valence electrons. The zero-order valence-electron chi connectivity index (χ0n) is 13.7. The van der Waals surface area contributed by atoms with E-state index >= 15 is 0 Å². The number of nitrogens with zero attached hydrogens (tertiary/aromatic N) is 4. The first-order valence-electron chi connectivity index (χ1n) is 7.89. The summed E-state index contributed by atoms with van der Waals surface area (Å²) in [4.78, 5) is 5.29.